The van der Waals surface area contributed by atoms with Gasteiger partial charge in [-0.1, -0.05) is 184 Å². The van der Waals surface area contributed by atoms with Crippen LogP contribution in [-0.2, 0) is 28.6 Å². The van der Waals surface area contributed by atoms with Gasteiger partial charge in [-0.15, -0.1) is 0 Å². The Hall–Kier alpha value is -2.97. The number of hydrogen-bond acceptors (Lipinski definition) is 7. The summed E-state index contributed by atoms with van der Waals surface area (Å²) in [7, 11) is 5.39. The van der Waals surface area contributed by atoms with Gasteiger partial charge in [0.15, 0.2) is 6.10 Å². The van der Waals surface area contributed by atoms with E-state index in [0.29, 0.717) is 12.8 Å². The summed E-state index contributed by atoms with van der Waals surface area (Å²) in [6.07, 6.45) is 46.7. The van der Waals surface area contributed by atoms with Gasteiger partial charge in [-0.2, -0.15) is 0 Å². The van der Waals surface area contributed by atoms with Crippen molar-refractivity contribution in [3.63, 3.8) is 0 Å². The first-order valence-electron chi connectivity index (χ1n) is 22.4. The third-order valence-corrected chi connectivity index (χ3v) is 9.80. The standard InChI is InChI=1S/C48H83NO7/c1-6-8-10-12-14-16-18-20-22-23-25-26-28-30-32-34-36-38-46(50)55-43-44(42-54-41-40-45(48(52)53)49(3,4)5)56-47(51)39-37-35-33-31-29-27-24-21-19-17-15-13-11-9-7-2/h9,11,13,15,17,19,21,24,27,29,44-45H,6-8,10,12,14,16,18,20,22-23,25-26,28,30-43H2,1-5H3/b11-9+,15-13+,19-17+,24-21+,29-27+. The Morgan fingerprint density at radius 3 is 1.48 bits per heavy atom. The van der Waals surface area contributed by atoms with Crippen molar-refractivity contribution >= 4 is 17.9 Å². The molecule has 322 valence electrons. The average molecular weight is 786 g/mol. The normalized spacial score (nSPS) is 13.5. The minimum absolute atomic E-state index is 0.0226. The van der Waals surface area contributed by atoms with E-state index >= 15 is 0 Å². The molecule has 0 saturated carbocycles. The van der Waals surface area contributed by atoms with Crippen LogP contribution in [0.25, 0.3) is 0 Å². The first-order valence-corrected chi connectivity index (χ1v) is 22.4. The van der Waals surface area contributed by atoms with Gasteiger partial charge in [0, 0.05) is 19.3 Å². The number of carboxylic acids is 1. The van der Waals surface area contributed by atoms with Crippen LogP contribution in [0, 0.1) is 0 Å². The molecule has 0 rings (SSSR count). The lowest BCUT2D eigenvalue weighted by Gasteiger charge is -2.34. The molecule has 0 aromatic heterocycles. The van der Waals surface area contributed by atoms with E-state index in [2.05, 4.69) is 26.0 Å². The molecule has 0 bridgehead atoms. The first-order chi connectivity index (χ1) is 27.1. The summed E-state index contributed by atoms with van der Waals surface area (Å²) in [6, 6.07) is -0.735. The predicted octanol–water partition coefficient (Wildman–Crippen LogP) is 10.9. The van der Waals surface area contributed by atoms with Crippen LogP contribution < -0.4 is 5.11 Å². The van der Waals surface area contributed by atoms with E-state index < -0.39 is 18.1 Å². The van der Waals surface area contributed by atoms with E-state index in [9.17, 15) is 19.5 Å². The molecular weight excluding hydrogens is 703 g/mol. The molecule has 2 atom stereocenters. The SMILES string of the molecule is CC/C=C/C=C/C=C/C=C/C=C/CCCCCC(=O)OC(COCCC(C(=O)[O-])[N+](C)(C)C)COC(=O)CCCCCCCCCCCCCCCCCCC. The fourth-order valence-electron chi connectivity index (χ4n) is 6.33. The lowest BCUT2D eigenvalue weighted by Crippen LogP contribution is -2.55. The number of carboxylic acid groups (broad SMARTS) is 1. The van der Waals surface area contributed by atoms with Crippen molar-refractivity contribution in [3.8, 4) is 0 Å². The quantitative estimate of drug-likeness (QED) is 0.0265. The Morgan fingerprint density at radius 2 is 1.00 bits per heavy atom. The summed E-state index contributed by atoms with van der Waals surface area (Å²) in [5.74, 6) is -1.79. The lowest BCUT2D eigenvalue weighted by molar-refractivity contribution is -0.889. The van der Waals surface area contributed by atoms with Crippen molar-refractivity contribution in [1.29, 1.82) is 0 Å². The second kappa shape index (κ2) is 38.9. The summed E-state index contributed by atoms with van der Waals surface area (Å²) >= 11 is 0. The van der Waals surface area contributed by atoms with Crippen molar-refractivity contribution in [3.05, 3.63) is 60.8 Å². The number of aliphatic carboxylic acids is 1. The Labute approximate surface area is 343 Å². The van der Waals surface area contributed by atoms with Crippen LogP contribution in [0.15, 0.2) is 60.8 Å². The number of unbranched alkanes of at least 4 members (excludes halogenated alkanes) is 19. The van der Waals surface area contributed by atoms with E-state index in [1.165, 1.54) is 89.9 Å². The number of carbonyl (C=O) groups is 3. The second-order valence-electron chi connectivity index (χ2n) is 16.0. The molecule has 0 spiro atoms. The Morgan fingerprint density at radius 1 is 0.554 bits per heavy atom. The van der Waals surface area contributed by atoms with Crippen LogP contribution >= 0.6 is 0 Å². The van der Waals surface area contributed by atoms with Gasteiger partial charge in [-0.05, 0) is 32.1 Å². The molecule has 0 aliphatic carbocycles. The maximum Gasteiger partial charge on any atom is 0.306 e. The zero-order valence-electron chi connectivity index (χ0n) is 36.5. The van der Waals surface area contributed by atoms with E-state index in [1.54, 1.807) is 21.1 Å². The van der Waals surface area contributed by atoms with Crippen molar-refractivity contribution in [2.24, 2.45) is 0 Å². The average Bonchev–Trinajstić information content (AvgIpc) is 3.15. The number of nitrogens with zero attached hydrogens (tertiary/aromatic N) is 1. The molecular formula is C48H83NO7. The fraction of sp³-hybridized carbons (Fsp3) is 0.729. The topological polar surface area (TPSA) is 102 Å². The largest absolute Gasteiger partial charge is 0.544 e. The van der Waals surface area contributed by atoms with Gasteiger partial charge in [0.2, 0.25) is 0 Å². The molecule has 0 heterocycles. The highest BCUT2D eigenvalue weighted by Gasteiger charge is 2.25. The van der Waals surface area contributed by atoms with Gasteiger partial charge in [0.1, 0.15) is 12.6 Å². The van der Waals surface area contributed by atoms with Crippen LogP contribution in [0.5, 0.6) is 0 Å². The van der Waals surface area contributed by atoms with E-state index in [4.69, 9.17) is 14.2 Å². The number of allylic oxidation sites excluding steroid dienone is 10. The monoisotopic (exact) mass is 786 g/mol. The molecule has 0 aromatic carbocycles. The number of ether oxygens (including phenoxy) is 3. The molecule has 2 unspecified atom stereocenters. The zero-order chi connectivity index (χ0) is 41.4. The maximum absolute atomic E-state index is 12.7. The highest BCUT2D eigenvalue weighted by Crippen LogP contribution is 2.15. The molecule has 0 aliphatic heterocycles. The van der Waals surface area contributed by atoms with Gasteiger partial charge in [0.05, 0.1) is 40.3 Å². The molecule has 0 radical (unpaired) electrons. The van der Waals surface area contributed by atoms with E-state index in [1.807, 2.05) is 48.6 Å². The highest BCUT2D eigenvalue weighted by atomic mass is 16.6. The summed E-state index contributed by atoms with van der Waals surface area (Å²) in [4.78, 5) is 36.8. The molecule has 0 amide bonds. The molecule has 8 heteroatoms. The first kappa shape index (κ1) is 53.0. The molecule has 56 heavy (non-hydrogen) atoms. The smallest absolute Gasteiger partial charge is 0.306 e. The number of esters is 2. The minimum atomic E-state index is -1.13. The number of hydrogen-bond donors (Lipinski definition) is 0. The predicted molar refractivity (Wildman–Crippen MR) is 231 cm³/mol. The highest BCUT2D eigenvalue weighted by molar-refractivity contribution is 5.70. The molecule has 0 saturated heterocycles. The molecule has 0 fully saturated rings. The van der Waals surface area contributed by atoms with Crippen LogP contribution in [0.4, 0.5) is 0 Å². The second-order valence-corrected chi connectivity index (χ2v) is 16.0. The third kappa shape index (κ3) is 36.7. The van der Waals surface area contributed by atoms with Crippen LogP contribution in [0.1, 0.15) is 174 Å². The van der Waals surface area contributed by atoms with Crippen LogP contribution in [-0.4, -0.2) is 75.5 Å². The molecule has 0 aromatic rings. The summed E-state index contributed by atoms with van der Waals surface area (Å²) < 4.78 is 17.1. The van der Waals surface area contributed by atoms with Crippen LogP contribution in [0.2, 0.25) is 0 Å². The van der Waals surface area contributed by atoms with Gasteiger partial charge in [-0.3, -0.25) is 9.59 Å². The zero-order valence-corrected chi connectivity index (χ0v) is 36.5. The lowest BCUT2D eigenvalue weighted by atomic mass is 10.0. The Balaban J connectivity index is 4.39. The number of rotatable bonds is 39. The van der Waals surface area contributed by atoms with Crippen molar-refractivity contribution in [1.82, 2.24) is 0 Å². The van der Waals surface area contributed by atoms with Gasteiger partial charge in [-0.25, -0.2) is 0 Å². The van der Waals surface area contributed by atoms with Crippen LogP contribution in [0.3, 0.4) is 0 Å². The molecule has 0 aliphatic rings. The van der Waals surface area contributed by atoms with Gasteiger partial charge in [0.25, 0.3) is 0 Å². The minimum Gasteiger partial charge on any atom is -0.544 e. The summed E-state index contributed by atoms with van der Waals surface area (Å²) in [5.41, 5.74) is 0. The number of quaternary nitrogens is 1. The fourth-order valence-corrected chi connectivity index (χ4v) is 6.33. The van der Waals surface area contributed by atoms with E-state index in [-0.39, 0.29) is 49.1 Å². The number of carbonyl (C=O) groups excluding carboxylic acids is 3. The number of likely N-dealkylation sites (N-methyl/N-ethyl adjacent to an activating group) is 1. The molecule has 8 nitrogen and oxygen atoms in total. The van der Waals surface area contributed by atoms with Crippen molar-refractivity contribution in [2.75, 3.05) is 41.0 Å². The maximum atomic E-state index is 12.7. The Kier molecular flexibility index (Phi) is 36.8. The third-order valence-electron chi connectivity index (χ3n) is 9.80. The van der Waals surface area contributed by atoms with Gasteiger partial charge >= 0.3 is 11.9 Å². The molecule has 0 N–H and O–H groups in total. The Bertz CT molecular complexity index is 1100. The summed E-state index contributed by atoms with van der Waals surface area (Å²) in [6.45, 7) is 4.48. The van der Waals surface area contributed by atoms with Crippen molar-refractivity contribution in [2.45, 2.75) is 187 Å². The van der Waals surface area contributed by atoms with Gasteiger partial charge < -0.3 is 28.6 Å². The van der Waals surface area contributed by atoms with E-state index in [0.717, 1.165) is 44.9 Å². The summed E-state index contributed by atoms with van der Waals surface area (Å²) in [5, 5.41) is 11.6. The van der Waals surface area contributed by atoms with Crippen molar-refractivity contribution < 1.29 is 38.2 Å².